The number of methoxy groups -OCH3 is 1. The van der Waals surface area contributed by atoms with Gasteiger partial charge in [0.15, 0.2) is 0 Å². The molecule has 28 heavy (non-hydrogen) atoms. The van der Waals surface area contributed by atoms with Crippen LogP contribution in [0.15, 0.2) is 30.3 Å². The van der Waals surface area contributed by atoms with Crippen molar-refractivity contribution < 1.29 is 9.53 Å². The van der Waals surface area contributed by atoms with Gasteiger partial charge in [-0.05, 0) is 38.0 Å². The zero-order chi connectivity index (χ0) is 19.5. The first-order valence-electron chi connectivity index (χ1n) is 9.93. The average molecular weight is 381 g/mol. The fourth-order valence-corrected chi connectivity index (χ4v) is 3.83. The summed E-state index contributed by atoms with van der Waals surface area (Å²) < 4.78 is 5.23. The van der Waals surface area contributed by atoms with Gasteiger partial charge in [-0.3, -0.25) is 4.79 Å². The Morgan fingerprint density at radius 2 is 1.71 bits per heavy atom. The van der Waals surface area contributed by atoms with E-state index in [1.165, 1.54) is 12.8 Å². The van der Waals surface area contributed by atoms with Gasteiger partial charge >= 0.3 is 0 Å². The molecule has 2 aromatic rings. The summed E-state index contributed by atoms with van der Waals surface area (Å²) in [5.41, 5.74) is 1.65. The molecule has 2 saturated heterocycles. The highest BCUT2D eigenvalue weighted by Crippen LogP contribution is 2.22. The number of piperazine rings is 1. The minimum absolute atomic E-state index is 0.0430. The molecule has 7 nitrogen and oxygen atoms in total. The standard InChI is InChI=1S/C21H27N5O2/c1-16-14-19(24-8-3-4-9-24)23-21(22-16)26-12-10-25(11-13-26)20(27)17-6-5-7-18(15-17)28-2/h5-7,14-15H,3-4,8-13H2,1-2H3. The molecular weight excluding hydrogens is 354 g/mol. The monoisotopic (exact) mass is 381 g/mol. The Bertz CT molecular complexity index is 842. The van der Waals surface area contributed by atoms with Gasteiger partial charge in [-0.15, -0.1) is 0 Å². The molecule has 7 heteroatoms. The first kappa shape index (κ1) is 18.5. The third-order valence-electron chi connectivity index (χ3n) is 5.43. The molecule has 1 aromatic carbocycles. The summed E-state index contributed by atoms with van der Waals surface area (Å²) in [6.07, 6.45) is 2.45. The molecule has 0 spiro atoms. The normalized spacial score (nSPS) is 17.1. The van der Waals surface area contributed by atoms with Crippen LogP contribution in [-0.4, -0.2) is 67.2 Å². The van der Waals surface area contributed by atoms with E-state index in [2.05, 4.69) is 20.9 Å². The molecule has 4 rings (SSSR count). The minimum Gasteiger partial charge on any atom is -0.497 e. The molecule has 0 saturated carbocycles. The Labute approximate surface area is 165 Å². The highest BCUT2D eigenvalue weighted by molar-refractivity contribution is 5.94. The lowest BCUT2D eigenvalue weighted by Crippen LogP contribution is -2.49. The van der Waals surface area contributed by atoms with E-state index in [1.807, 2.05) is 30.0 Å². The van der Waals surface area contributed by atoms with E-state index < -0.39 is 0 Å². The Hall–Kier alpha value is -2.83. The number of nitrogens with zero attached hydrogens (tertiary/aromatic N) is 5. The number of anilines is 2. The lowest BCUT2D eigenvalue weighted by Gasteiger charge is -2.35. The summed E-state index contributed by atoms with van der Waals surface area (Å²) in [4.78, 5) is 28.7. The largest absolute Gasteiger partial charge is 0.497 e. The number of ether oxygens (including phenoxy) is 1. The van der Waals surface area contributed by atoms with Crippen molar-refractivity contribution in [2.24, 2.45) is 0 Å². The van der Waals surface area contributed by atoms with Gasteiger partial charge < -0.3 is 19.4 Å². The van der Waals surface area contributed by atoms with E-state index in [0.717, 1.165) is 43.6 Å². The van der Waals surface area contributed by atoms with Crippen LogP contribution in [0.2, 0.25) is 0 Å². The fraction of sp³-hybridized carbons (Fsp3) is 0.476. The quantitative estimate of drug-likeness (QED) is 0.810. The van der Waals surface area contributed by atoms with Crippen molar-refractivity contribution in [3.63, 3.8) is 0 Å². The molecule has 0 radical (unpaired) electrons. The van der Waals surface area contributed by atoms with Crippen LogP contribution in [0.5, 0.6) is 5.75 Å². The van der Waals surface area contributed by atoms with Gasteiger partial charge in [-0.25, -0.2) is 4.98 Å². The zero-order valence-corrected chi connectivity index (χ0v) is 16.6. The molecule has 0 atom stereocenters. The number of hydrogen-bond donors (Lipinski definition) is 0. The summed E-state index contributed by atoms with van der Waals surface area (Å²) in [5.74, 6) is 2.54. The van der Waals surface area contributed by atoms with Gasteiger partial charge in [-0.1, -0.05) is 6.07 Å². The molecule has 2 fully saturated rings. The highest BCUT2D eigenvalue weighted by Gasteiger charge is 2.25. The minimum atomic E-state index is 0.0430. The van der Waals surface area contributed by atoms with Gasteiger partial charge in [0.25, 0.3) is 5.91 Å². The van der Waals surface area contributed by atoms with Gasteiger partial charge in [0.05, 0.1) is 7.11 Å². The average Bonchev–Trinajstić information content (AvgIpc) is 3.28. The molecule has 0 N–H and O–H groups in total. The van der Waals surface area contributed by atoms with Crippen molar-refractivity contribution in [3.8, 4) is 5.75 Å². The van der Waals surface area contributed by atoms with Crippen molar-refractivity contribution in [2.75, 3.05) is 56.2 Å². The molecule has 3 heterocycles. The molecule has 148 valence electrons. The number of aromatic nitrogens is 2. The van der Waals surface area contributed by atoms with Crippen LogP contribution in [-0.2, 0) is 0 Å². The molecule has 2 aliphatic heterocycles. The number of amides is 1. The second-order valence-electron chi connectivity index (χ2n) is 7.37. The van der Waals surface area contributed by atoms with Crippen LogP contribution < -0.4 is 14.5 Å². The van der Waals surface area contributed by atoms with E-state index in [9.17, 15) is 4.79 Å². The van der Waals surface area contributed by atoms with Crippen molar-refractivity contribution in [2.45, 2.75) is 19.8 Å². The predicted octanol–water partition coefficient (Wildman–Crippen LogP) is 2.36. The molecule has 0 aliphatic carbocycles. The number of carbonyl (C=O) groups is 1. The molecule has 2 aliphatic rings. The fourth-order valence-electron chi connectivity index (χ4n) is 3.83. The van der Waals surface area contributed by atoms with Crippen LogP contribution in [0.4, 0.5) is 11.8 Å². The second-order valence-corrected chi connectivity index (χ2v) is 7.37. The Balaban J connectivity index is 1.43. The third kappa shape index (κ3) is 3.88. The summed E-state index contributed by atoms with van der Waals surface area (Å²) >= 11 is 0. The Morgan fingerprint density at radius 1 is 0.964 bits per heavy atom. The van der Waals surface area contributed by atoms with Crippen LogP contribution >= 0.6 is 0 Å². The first-order chi connectivity index (χ1) is 13.6. The van der Waals surface area contributed by atoms with Crippen molar-refractivity contribution >= 4 is 17.7 Å². The Morgan fingerprint density at radius 3 is 2.43 bits per heavy atom. The third-order valence-corrected chi connectivity index (χ3v) is 5.43. The molecule has 0 unspecified atom stereocenters. The SMILES string of the molecule is COc1cccc(C(=O)N2CCN(c3nc(C)cc(N4CCCC4)n3)CC2)c1. The lowest BCUT2D eigenvalue weighted by molar-refractivity contribution is 0.0746. The summed E-state index contributed by atoms with van der Waals surface area (Å²) in [7, 11) is 1.61. The maximum Gasteiger partial charge on any atom is 0.254 e. The van der Waals surface area contributed by atoms with E-state index in [0.29, 0.717) is 24.4 Å². The van der Waals surface area contributed by atoms with Crippen molar-refractivity contribution in [3.05, 3.63) is 41.6 Å². The zero-order valence-electron chi connectivity index (χ0n) is 16.6. The van der Waals surface area contributed by atoms with Crippen LogP contribution in [0.25, 0.3) is 0 Å². The van der Waals surface area contributed by atoms with E-state index in [1.54, 1.807) is 13.2 Å². The number of rotatable bonds is 4. The topological polar surface area (TPSA) is 61.8 Å². The molecular formula is C21H27N5O2. The van der Waals surface area contributed by atoms with Crippen LogP contribution in [0.3, 0.4) is 0 Å². The van der Waals surface area contributed by atoms with Gasteiger partial charge in [-0.2, -0.15) is 4.98 Å². The maximum absolute atomic E-state index is 12.8. The second kappa shape index (κ2) is 8.04. The van der Waals surface area contributed by atoms with Crippen LogP contribution in [0.1, 0.15) is 28.9 Å². The predicted molar refractivity (Wildman–Crippen MR) is 109 cm³/mol. The molecule has 0 bridgehead atoms. The van der Waals surface area contributed by atoms with Crippen molar-refractivity contribution in [1.29, 1.82) is 0 Å². The summed E-state index contributed by atoms with van der Waals surface area (Å²) in [6, 6.07) is 9.39. The number of benzene rings is 1. The smallest absolute Gasteiger partial charge is 0.254 e. The van der Waals surface area contributed by atoms with Crippen molar-refractivity contribution in [1.82, 2.24) is 14.9 Å². The molecule has 1 amide bonds. The lowest BCUT2D eigenvalue weighted by atomic mass is 10.1. The van der Waals surface area contributed by atoms with E-state index in [4.69, 9.17) is 9.72 Å². The number of carbonyl (C=O) groups excluding carboxylic acids is 1. The van der Waals surface area contributed by atoms with Crippen LogP contribution in [0, 0.1) is 6.92 Å². The molecule has 1 aromatic heterocycles. The summed E-state index contributed by atoms with van der Waals surface area (Å²) in [5, 5.41) is 0. The van der Waals surface area contributed by atoms with E-state index >= 15 is 0 Å². The van der Waals surface area contributed by atoms with E-state index in [-0.39, 0.29) is 5.91 Å². The van der Waals surface area contributed by atoms with Gasteiger partial charge in [0, 0.05) is 56.6 Å². The summed E-state index contributed by atoms with van der Waals surface area (Å²) in [6.45, 7) is 6.95. The maximum atomic E-state index is 12.8. The first-order valence-corrected chi connectivity index (χ1v) is 9.93. The highest BCUT2D eigenvalue weighted by atomic mass is 16.5. The van der Waals surface area contributed by atoms with Gasteiger partial charge in [0.2, 0.25) is 5.95 Å². The number of hydrogen-bond acceptors (Lipinski definition) is 6. The Kier molecular flexibility index (Phi) is 5.32. The van der Waals surface area contributed by atoms with Gasteiger partial charge in [0.1, 0.15) is 11.6 Å². The number of aryl methyl sites for hydroxylation is 1.